The number of fused-ring (bicyclic) bond motifs is 1. The molecule has 0 saturated heterocycles. The summed E-state index contributed by atoms with van der Waals surface area (Å²) < 4.78 is 13.3. The Kier molecular flexibility index (Phi) is 4.49. The highest BCUT2D eigenvalue weighted by atomic mass is 32.1. The third-order valence-electron chi connectivity index (χ3n) is 4.69. The molecule has 0 aliphatic carbocycles. The SMILES string of the molecule is Cc1c(C(=O)Nc2ccccc2)sc2c1[C@@H](c1ccc(F)cc1)CC(=O)N2. The molecule has 4 rings (SSSR count). The summed E-state index contributed by atoms with van der Waals surface area (Å²) in [5.41, 5.74) is 3.36. The zero-order valence-electron chi connectivity index (χ0n) is 14.6. The van der Waals surface area contributed by atoms with E-state index in [0.29, 0.717) is 15.6 Å². The van der Waals surface area contributed by atoms with Crippen LogP contribution in [0.25, 0.3) is 0 Å². The highest BCUT2D eigenvalue weighted by Crippen LogP contribution is 2.45. The van der Waals surface area contributed by atoms with Crippen molar-refractivity contribution in [3.05, 3.63) is 82.0 Å². The van der Waals surface area contributed by atoms with Crippen molar-refractivity contribution >= 4 is 33.8 Å². The molecule has 0 bridgehead atoms. The van der Waals surface area contributed by atoms with Gasteiger partial charge in [0.2, 0.25) is 5.91 Å². The summed E-state index contributed by atoms with van der Waals surface area (Å²) in [4.78, 5) is 25.5. The second-order valence-electron chi connectivity index (χ2n) is 6.48. The average Bonchev–Trinajstić information content (AvgIpc) is 2.99. The summed E-state index contributed by atoms with van der Waals surface area (Å²) in [5.74, 6) is -0.814. The van der Waals surface area contributed by atoms with Crippen molar-refractivity contribution in [1.29, 1.82) is 0 Å². The first-order valence-corrected chi connectivity index (χ1v) is 9.39. The molecule has 2 aromatic carbocycles. The van der Waals surface area contributed by atoms with Gasteiger partial charge < -0.3 is 10.6 Å². The van der Waals surface area contributed by atoms with Crippen molar-refractivity contribution in [3.8, 4) is 0 Å². The Morgan fingerprint density at radius 2 is 1.85 bits per heavy atom. The minimum atomic E-state index is -0.316. The Morgan fingerprint density at radius 3 is 2.56 bits per heavy atom. The molecule has 1 aromatic heterocycles. The second kappa shape index (κ2) is 6.96. The first-order valence-electron chi connectivity index (χ1n) is 8.58. The van der Waals surface area contributed by atoms with E-state index in [1.165, 1.54) is 23.5 Å². The number of hydrogen-bond donors (Lipinski definition) is 2. The Balaban J connectivity index is 1.71. The Hall–Kier alpha value is -2.99. The smallest absolute Gasteiger partial charge is 0.266 e. The van der Waals surface area contributed by atoms with Crippen LogP contribution in [0, 0.1) is 12.7 Å². The van der Waals surface area contributed by atoms with Crippen LogP contribution in [0.5, 0.6) is 0 Å². The van der Waals surface area contributed by atoms with Crippen LogP contribution >= 0.6 is 11.3 Å². The molecule has 0 radical (unpaired) electrons. The molecule has 0 spiro atoms. The second-order valence-corrected chi connectivity index (χ2v) is 7.50. The number of hydrogen-bond acceptors (Lipinski definition) is 3. The zero-order chi connectivity index (χ0) is 19.0. The number of nitrogens with one attached hydrogen (secondary N) is 2. The minimum absolute atomic E-state index is 0.104. The van der Waals surface area contributed by atoms with Crippen molar-refractivity contribution in [2.24, 2.45) is 0 Å². The fourth-order valence-electron chi connectivity index (χ4n) is 3.41. The summed E-state index contributed by atoms with van der Waals surface area (Å²) in [6.45, 7) is 1.89. The van der Waals surface area contributed by atoms with Crippen molar-refractivity contribution in [2.75, 3.05) is 10.6 Å². The Bertz CT molecular complexity index is 1010. The van der Waals surface area contributed by atoms with Crippen molar-refractivity contribution in [2.45, 2.75) is 19.3 Å². The van der Waals surface area contributed by atoms with Gasteiger partial charge in [0.1, 0.15) is 5.82 Å². The molecule has 1 aliphatic heterocycles. The van der Waals surface area contributed by atoms with Crippen molar-refractivity contribution < 1.29 is 14.0 Å². The molecular formula is C21H17FN2O2S. The zero-order valence-corrected chi connectivity index (χ0v) is 15.4. The highest BCUT2D eigenvalue weighted by molar-refractivity contribution is 7.18. The summed E-state index contributed by atoms with van der Waals surface area (Å²) in [5, 5.41) is 6.46. The van der Waals surface area contributed by atoms with Gasteiger partial charge in [-0.2, -0.15) is 0 Å². The molecule has 4 nitrogen and oxygen atoms in total. The maximum Gasteiger partial charge on any atom is 0.266 e. The van der Waals surface area contributed by atoms with Gasteiger partial charge in [0.15, 0.2) is 0 Å². The number of halogens is 1. The van der Waals surface area contributed by atoms with Crippen LogP contribution in [0.3, 0.4) is 0 Å². The highest BCUT2D eigenvalue weighted by Gasteiger charge is 2.32. The third-order valence-corrected chi connectivity index (χ3v) is 5.92. The quantitative estimate of drug-likeness (QED) is 0.677. The first kappa shape index (κ1) is 17.4. The van der Waals surface area contributed by atoms with E-state index in [0.717, 1.165) is 16.7 Å². The number of carbonyl (C=O) groups excluding carboxylic acids is 2. The van der Waals surface area contributed by atoms with Crippen LogP contribution in [0.15, 0.2) is 54.6 Å². The van der Waals surface area contributed by atoms with Gasteiger partial charge >= 0.3 is 0 Å². The number of para-hydroxylation sites is 1. The third kappa shape index (κ3) is 3.36. The van der Waals surface area contributed by atoms with E-state index in [-0.39, 0.29) is 30.0 Å². The van der Waals surface area contributed by atoms with E-state index in [1.807, 2.05) is 37.3 Å². The largest absolute Gasteiger partial charge is 0.321 e. The first-order chi connectivity index (χ1) is 13.0. The van der Waals surface area contributed by atoms with Gasteiger partial charge in [-0.1, -0.05) is 30.3 Å². The standard InChI is InChI=1S/C21H17FN2O2S/c1-12-18-16(13-7-9-14(22)10-8-13)11-17(25)24-21(18)27-19(12)20(26)23-15-5-3-2-4-6-15/h2-10,16H,11H2,1H3,(H,23,26)(H,24,25)/t16-/m1/s1. The van der Waals surface area contributed by atoms with E-state index in [9.17, 15) is 14.0 Å². The van der Waals surface area contributed by atoms with Crippen LogP contribution in [-0.4, -0.2) is 11.8 Å². The van der Waals surface area contributed by atoms with Crippen LogP contribution in [0.2, 0.25) is 0 Å². The van der Waals surface area contributed by atoms with Gasteiger partial charge in [-0.25, -0.2) is 4.39 Å². The summed E-state index contributed by atoms with van der Waals surface area (Å²) >= 11 is 1.28. The molecule has 2 N–H and O–H groups in total. The molecule has 2 amide bonds. The molecule has 6 heteroatoms. The van der Waals surface area contributed by atoms with E-state index in [1.54, 1.807) is 12.1 Å². The monoisotopic (exact) mass is 380 g/mol. The summed E-state index contributed by atoms with van der Waals surface area (Å²) in [6, 6.07) is 15.4. The molecule has 0 saturated carbocycles. The van der Waals surface area contributed by atoms with E-state index >= 15 is 0 Å². The number of thiophene rings is 1. The summed E-state index contributed by atoms with van der Waals surface area (Å²) in [7, 11) is 0. The summed E-state index contributed by atoms with van der Waals surface area (Å²) in [6.07, 6.45) is 0.274. The lowest BCUT2D eigenvalue weighted by atomic mass is 9.85. The molecule has 1 aliphatic rings. The average molecular weight is 380 g/mol. The van der Waals surface area contributed by atoms with Crippen LogP contribution < -0.4 is 10.6 Å². The van der Waals surface area contributed by atoms with Gasteiger partial charge in [0.05, 0.1) is 9.88 Å². The Morgan fingerprint density at radius 1 is 1.15 bits per heavy atom. The minimum Gasteiger partial charge on any atom is -0.321 e. The number of carbonyl (C=O) groups is 2. The lowest BCUT2D eigenvalue weighted by Gasteiger charge is -2.24. The molecule has 0 unspecified atom stereocenters. The number of benzene rings is 2. The van der Waals surface area contributed by atoms with Crippen molar-refractivity contribution in [3.63, 3.8) is 0 Å². The molecule has 0 fully saturated rings. The number of anilines is 2. The number of rotatable bonds is 3. The fourth-order valence-corrected chi connectivity index (χ4v) is 4.59. The molecule has 2 heterocycles. The topological polar surface area (TPSA) is 58.2 Å². The normalized spacial score (nSPS) is 15.8. The van der Waals surface area contributed by atoms with Gasteiger partial charge in [0, 0.05) is 18.0 Å². The van der Waals surface area contributed by atoms with Crippen LogP contribution in [0.4, 0.5) is 15.1 Å². The van der Waals surface area contributed by atoms with Gasteiger partial charge in [-0.3, -0.25) is 9.59 Å². The van der Waals surface area contributed by atoms with E-state index in [2.05, 4.69) is 10.6 Å². The lowest BCUT2D eigenvalue weighted by molar-refractivity contribution is -0.116. The number of amides is 2. The predicted octanol–water partition coefficient (Wildman–Crippen LogP) is 4.92. The fraction of sp³-hybridized carbons (Fsp3) is 0.143. The molecule has 3 aromatic rings. The van der Waals surface area contributed by atoms with Crippen LogP contribution in [-0.2, 0) is 4.79 Å². The molecule has 136 valence electrons. The van der Waals surface area contributed by atoms with Gasteiger partial charge in [-0.15, -0.1) is 11.3 Å². The van der Waals surface area contributed by atoms with Gasteiger partial charge in [0.25, 0.3) is 5.91 Å². The molecule has 1 atom stereocenters. The van der Waals surface area contributed by atoms with Crippen molar-refractivity contribution in [1.82, 2.24) is 0 Å². The van der Waals surface area contributed by atoms with E-state index < -0.39 is 0 Å². The van der Waals surface area contributed by atoms with E-state index in [4.69, 9.17) is 0 Å². The lowest BCUT2D eigenvalue weighted by Crippen LogP contribution is -2.22. The maximum atomic E-state index is 13.3. The predicted molar refractivity (Wildman–Crippen MR) is 105 cm³/mol. The van der Waals surface area contributed by atoms with Crippen LogP contribution in [0.1, 0.15) is 38.7 Å². The maximum absolute atomic E-state index is 13.3. The van der Waals surface area contributed by atoms with Gasteiger partial charge in [-0.05, 0) is 47.9 Å². The molecule has 27 heavy (non-hydrogen) atoms. The molecular weight excluding hydrogens is 363 g/mol. The Labute approximate surface area is 160 Å².